The van der Waals surface area contributed by atoms with E-state index in [1.165, 1.54) is 5.56 Å². The van der Waals surface area contributed by atoms with Crippen LogP contribution in [0.1, 0.15) is 51.0 Å². The van der Waals surface area contributed by atoms with E-state index in [-0.39, 0.29) is 11.9 Å². The molecule has 2 fully saturated rings. The SMILES string of the molecule is CCOC(=O)[C@]1(CCCc2ccccc2)CCCN(C(=O)CCN2CCCO2)C1. The fourth-order valence-corrected chi connectivity index (χ4v) is 4.43. The van der Waals surface area contributed by atoms with Crippen molar-refractivity contribution in [2.45, 2.75) is 51.9 Å². The largest absolute Gasteiger partial charge is 0.466 e. The van der Waals surface area contributed by atoms with Gasteiger partial charge in [0.1, 0.15) is 0 Å². The summed E-state index contributed by atoms with van der Waals surface area (Å²) in [4.78, 5) is 33.1. The van der Waals surface area contributed by atoms with Gasteiger partial charge in [-0.3, -0.25) is 14.4 Å². The molecule has 1 aromatic carbocycles. The summed E-state index contributed by atoms with van der Waals surface area (Å²) >= 11 is 0. The number of hydrogen-bond acceptors (Lipinski definition) is 5. The third kappa shape index (κ3) is 6.03. The molecule has 1 aromatic rings. The zero-order valence-electron chi connectivity index (χ0n) is 17.6. The third-order valence-corrected chi connectivity index (χ3v) is 6.00. The molecular formula is C23H34N2O4. The van der Waals surface area contributed by atoms with Gasteiger partial charge in [0.05, 0.1) is 18.6 Å². The molecule has 1 amide bonds. The van der Waals surface area contributed by atoms with Crippen molar-refractivity contribution in [2.75, 3.05) is 39.4 Å². The molecule has 3 rings (SSSR count). The Kier molecular flexibility index (Phi) is 8.07. The highest BCUT2D eigenvalue weighted by Gasteiger charge is 2.44. The van der Waals surface area contributed by atoms with Crippen LogP contribution < -0.4 is 0 Å². The summed E-state index contributed by atoms with van der Waals surface area (Å²) in [7, 11) is 0. The van der Waals surface area contributed by atoms with Crippen molar-refractivity contribution in [2.24, 2.45) is 5.41 Å². The second kappa shape index (κ2) is 10.7. The van der Waals surface area contributed by atoms with Crippen molar-refractivity contribution in [1.82, 2.24) is 9.96 Å². The minimum Gasteiger partial charge on any atom is -0.466 e. The molecular weight excluding hydrogens is 368 g/mol. The Hall–Kier alpha value is -1.92. The molecule has 0 aromatic heterocycles. The molecule has 160 valence electrons. The lowest BCUT2D eigenvalue weighted by Crippen LogP contribution is -2.51. The van der Waals surface area contributed by atoms with Crippen LogP contribution >= 0.6 is 0 Å². The fourth-order valence-electron chi connectivity index (χ4n) is 4.43. The van der Waals surface area contributed by atoms with E-state index in [0.717, 1.165) is 58.2 Å². The molecule has 6 nitrogen and oxygen atoms in total. The summed E-state index contributed by atoms with van der Waals surface area (Å²) in [5.74, 6) is -0.0367. The molecule has 0 bridgehead atoms. The monoisotopic (exact) mass is 402 g/mol. The van der Waals surface area contributed by atoms with Crippen molar-refractivity contribution in [1.29, 1.82) is 0 Å². The predicted molar refractivity (Wildman–Crippen MR) is 111 cm³/mol. The van der Waals surface area contributed by atoms with Gasteiger partial charge in [0, 0.05) is 32.6 Å². The highest BCUT2D eigenvalue weighted by molar-refractivity contribution is 5.81. The molecule has 2 heterocycles. The summed E-state index contributed by atoms with van der Waals surface area (Å²) in [5.41, 5.74) is 0.698. The maximum absolute atomic E-state index is 12.9. The number of carbonyl (C=O) groups excluding carboxylic acids is 2. The number of amides is 1. The predicted octanol–water partition coefficient (Wildman–Crippen LogP) is 3.21. The molecule has 0 spiro atoms. The van der Waals surface area contributed by atoms with Crippen molar-refractivity contribution >= 4 is 11.9 Å². The number of hydroxylamine groups is 2. The Morgan fingerprint density at radius 3 is 2.72 bits per heavy atom. The Bertz CT molecular complexity index is 660. The standard InChI is InChI=1S/C23H34N2O4/c1-2-28-22(27)23(13-6-11-20-9-4-3-5-10-20)14-7-15-24(19-23)21(26)12-17-25-16-8-18-29-25/h3-5,9-10H,2,6-8,11-19H2,1H3/t23-/m1/s1. The zero-order chi connectivity index (χ0) is 20.5. The summed E-state index contributed by atoms with van der Waals surface area (Å²) in [5, 5.41) is 1.88. The van der Waals surface area contributed by atoms with Crippen molar-refractivity contribution < 1.29 is 19.2 Å². The van der Waals surface area contributed by atoms with E-state index in [9.17, 15) is 9.59 Å². The van der Waals surface area contributed by atoms with Gasteiger partial charge in [0.25, 0.3) is 0 Å². The van der Waals surface area contributed by atoms with Gasteiger partial charge in [0.2, 0.25) is 5.91 Å². The number of nitrogens with zero attached hydrogens (tertiary/aromatic N) is 2. The summed E-state index contributed by atoms with van der Waals surface area (Å²) in [6.45, 7) is 5.66. The van der Waals surface area contributed by atoms with Gasteiger partial charge in [-0.25, -0.2) is 0 Å². The average molecular weight is 403 g/mol. The second-order valence-electron chi connectivity index (χ2n) is 8.12. The Morgan fingerprint density at radius 1 is 1.17 bits per heavy atom. The molecule has 29 heavy (non-hydrogen) atoms. The fraction of sp³-hybridized carbons (Fsp3) is 0.652. The zero-order valence-corrected chi connectivity index (χ0v) is 17.6. The average Bonchev–Trinajstić information content (AvgIpc) is 3.27. The van der Waals surface area contributed by atoms with Crippen molar-refractivity contribution in [3.63, 3.8) is 0 Å². The normalized spacial score (nSPS) is 22.6. The number of esters is 1. The lowest BCUT2D eigenvalue weighted by Gasteiger charge is -2.41. The van der Waals surface area contributed by atoms with E-state index in [1.807, 2.05) is 35.1 Å². The van der Waals surface area contributed by atoms with Gasteiger partial charge in [-0.1, -0.05) is 30.3 Å². The number of likely N-dealkylation sites (tertiary alicyclic amines) is 1. The van der Waals surface area contributed by atoms with E-state index in [0.29, 0.717) is 26.1 Å². The first-order valence-corrected chi connectivity index (χ1v) is 11.0. The summed E-state index contributed by atoms with van der Waals surface area (Å²) in [6, 6.07) is 10.3. The quantitative estimate of drug-likeness (QED) is 0.594. The van der Waals surface area contributed by atoms with Gasteiger partial charge in [-0.2, -0.15) is 5.06 Å². The van der Waals surface area contributed by atoms with Crippen LogP contribution in [-0.4, -0.2) is 61.2 Å². The lowest BCUT2D eigenvalue weighted by molar-refractivity contribution is -0.162. The third-order valence-electron chi connectivity index (χ3n) is 6.00. The van der Waals surface area contributed by atoms with E-state index in [2.05, 4.69) is 12.1 Å². The summed E-state index contributed by atoms with van der Waals surface area (Å²) < 4.78 is 5.45. The van der Waals surface area contributed by atoms with Gasteiger partial charge < -0.3 is 9.64 Å². The second-order valence-corrected chi connectivity index (χ2v) is 8.12. The number of aryl methyl sites for hydroxylation is 1. The van der Waals surface area contributed by atoms with Crippen molar-refractivity contribution in [3.8, 4) is 0 Å². The van der Waals surface area contributed by atoms with E-state index >= 15 is 0 Å². The number of piperidine rings is 1. The van der Waals surface area contributed by atoms with Crippen LogP contribution in [0.15, 0.2) is 30.3 Å². The van der Waals surface area contributed by atoms with Crippen LogP contribution in [0.5, 0.6) is 0 Å². The van der Waals surface area contributed by atoms with E-state index in [1.54, 1.807) is 0 Å². The molecule has 2 saturated heterocycles. The van der Waals surface area contributed by atoms with Crippen molar-refractivity contribution in [3.05, 3.63) is 35.9 Å². The van der Waals surface area contributed by atoms with Gasteiger partial charge in [-0.15, -0.1) is 0 Å². The maximum Gasteiger partial charge on any atom is 0.313 e. The first-order chi connectivity index (χ1) is 14.1. The van der Waals surface area contributed by atoms with Gasteiger partial charge in [0.15, 0.2) is 0 Å². The van der Waals surface area contributed by atoms with Crippen LogP contribution in [0.4, 0.5) is 0 Å². The Morgan fingerprint density at radius 2 is 2.00 bits per heavy atom. The smallest absolute Gasteiger partial charge is 0.313 e. The van der Waals surface area contributed by atoms with Gasteiger partial charge in [-0.05, 0) is 51.0 Å². The van der Waals surface area contributed by atoms with E-state index < -0.39 is 5.41 Å². The van der Waals surface area contributed by atoms with Crippen LogP contribution in [0.25, 0.3) is 0 Å². The minimum absolute atomic E-state index is 0.108. The molecule has 0 N–H and O–H groups in total. The molecule has 6 heteroatoms. The molecule has 1 atom stereocenters. The first-order valence-electron chi connectivity index (χ1n) is 11.0. The molecule has 0 radical (unpaired) electrons. The number of benzene rings is 1. The number of carbonyl (C=O) groups is 2. The molecule has 0 saturated carbocycles. The Labute approximate surface area is 174 Å². The van der Waals surface area contributed by atoms with Crippen LogP contribution in [0, 0.1) is 5.41 Å². The molecule has 2 aliphatic rings. The topological polar surface area (TPSA) is 59.1 Å². The van der Waals surface area contributed by atoms with Crippen LogP contribution in [0.2, 0.25) is 0 Å². The summed E-state index contributed by atoms with van der Waals surface area (Å²) in [6.07, 6.45) is 5.68. The van der Waals surface area contributed by atoms with Gasteiger partial charge >= 0.3 is 5.97 Å². The molecule has 0 aliphatic carbocycles. The van der Waals surface area contributed by atoms with Crippen LogP contribution in [0.3, 0.4) is 0 Å². The first kappa shape index (κ1) is 21.8. The lowest BCUT2D eigenvalue weighted by atomic mass is 9.75. The minimum atomic E-state index is -0.581. The van der Waals surface area contributed by atoms with E-state index in [4.69, 9.17) is 9.57 Å². The van der Waals surface area contributed by atoms with Crippen LogP contribution in [-0.2, 0) is 25.6 Å². The maximum atomic E-state index is 12.9. The number of ether oxygens (including phenoxy) is 1. The molecule has 2 aliphatic heterocycles. The highest BCUT2D eigenvalue weighted by atomic mass is 16.7. The Balaban J connectivity index is 1.59. The highest BCUT2D eigenvalue weighted by Crippen LogP contribution is 2.37. The number of rotatable bonds is 9. The molecule has 0 unspecified atom stereocenters. The number of hydrogen-bond donors (Lipinski definition) is 0.